The Kier molecular flexibility index (Phi) is 5.68. The summed E-state index contributed by atoms with van der Waals surface area (Å²) in [5.74, 6) is 0. The van der Waals surface area contributed by atoms with Crippen molar-refractivity contribution in [2.45, 2.75) is 44.9 Å². The van der Waals surface area contributed by atoms with Gasteiger partial charge in [-0.25, -0.2) is 0 Å². The predicted molar refractivity (Wildman–Crippen MR) is 200 cm³/mol. The Balaban J connectivity index is 1.09. The van der Waals surface area contributed by atoms with Gasteiger partial charge >= 0.3 is 0 Å². The van der Waals surface area contributed by atoms with Crippen LogP contribution in [0.2, 0.25) is 0 Å². The molecule has 0 fully saturated rings. The predicted octanol–water partition coefficient (Wildman–Crippen LogP) is 12.4. The first-order valence-electron chi connectivity index (χ1n) is 17.2. The summed E-state index contributed by atoms with van der Waals surface area (Å²) in [7, 11) is 0. The standard InChI is InChI=1S/C47H36/c1-47(2)44-27-33(32-20-17-30-16-19-31-18-15-29-9-3-6-12-37(29)46(31)43(30)25-32)21-23-40(44)41-24-22-35(28-45(41)47)42-26-34-10-4-5-11-36(34)38-13-7-8-14-39(38)42/h3-7,9-13,16-17,19-28H,8,14-15,18H2,1-2H3. The molecule has 47 heavy (non-hydrogen) atoms. The Morgan fingerprint density at radius 2 is 1.19 bits per heavy atom. The molecule has 0 radical (unpaired) electrons. The number of rotatable bonds is 2. The highest BCUT2D eigenvalue weighted by molar-refractivity contribution is 6.02. The van der Waals surface area contributed by atoms with E-state index < -0.39 is 0 Å². The van der Waals surface area contributed by atoms with Gasteiger partial charge in [0.15, 0.2) is 0 Å². The fourth-order valence-electron chi connectivity index (χ4n) is 8.97. The molecule has 7 aromatic carbocycles. The van der Waals surface area contributed by atoms with Crippen LogP contribution in [-0.4, -0.2) is 0 Å². The molecule has 0 aliphatic heterocycles. The fraction of sp³-hybridized carbons (Fsp3) is 0.149. The number of fused-ring (bicyclic) bond motifs is 11. The average Bonchev–Trinajstić information content (AvgIpc) is 3.35. The molecule has 0 unspecified atom stereocenters. The van der Waals surface area contributed by atoms with Crippen LogP contribution in [0.25, 0.3) is 72.1 Å². The topological polar surface area (TPSA) is 0 Å². The molecular formula is C47H36. The van der Waals surface area contributed by atoms with E-state index in [0.717, 1.165) is 25.7 Å². The van der Waals surface area contributed by atoms with Gasteiger partial charge in [-0.15, -0.1) is 0 Å². The molecule has 0 spiro atoms. The summed E-state index contributed by atoms with van der Waals surface area (Å²) in [5.41, 5.74) is 19.5. The van der Waals surface area contributed by atoms with Crippen LogP contribution in [-0.2, 0) is 24.7 Å². The Morgan fingerprint density at radius 3 is 2.09 bits per heavy atom. The van der Waals surface area contributed by atoms with E-state index in [1.54, 1.807) is 0 Å². The van der Waals surface area contributed by atoms with Gasteiger partial charge in [0.1, 0.15) is 0 Å². The van der Waals surface area contributed by atoms with Crippen LogP contribution in [0.1, 0.15) is 53.6 Å². The van der Waals surface area contributed by atoms with Crippen LogP contribution in [0.15, 0.2) is 127 Å². The van der Waals surface area contributed by atoms with Crippen LogP contribution in [0.5, 0.6) is 0 Å². The second-order valence-corrected chi connectivity index (χ2v) is 14.3. The van der Waals surface area contributed by atoms with Crippen LogP contribution in [0.4, 0.5) is 0 Å². The zero-order valence-corrected chi connectivity index (χ0v) is 27.0. The third-order valence-corrected chi connectivity index (χ3v) is 11.4. The third kappa shape index (κ3) is 3.94. The quantitative estimate of drug-likeness (QED) is 0.185. The molecule has 0 aromatic heterocycles. The molecule has 0 heteroatoms. The highest BCUT2D eigenvalue weighted by Crippen LogP contribution is 2.51. The van der Waals surface area contributed by atoms with Crippen LogP contribution in [0.3, 0.4) is 0 Å². The van der Waals surface area contributed by atoms with Crippen LogP contribution in [0, 0.1) is 0 Å². The van der Waals surface area contributed by atoms with Gasteiger partial charge < -0.3 is 0 Å². The Labute approximate surface area is 277 Å². The summed E-state index contributed by atoms with van der Waals surface area (Å²) in [6, 6.07) is 46.5. The summed E-state index contributed by atoms with van der Waals surface area (Å²) in [5, 5.41) is 5.37. The minimum Gasteiger partial charge on any atom is -0.0836 e. The molecule has 0 saturated heterocycles. The van der Waals surface area contributed by atoms with Gasteiger partial charge in [0, 0.05) is 5.41 Å². The van der Waals surface area contributed by atoms with Gasteiger partial charge in [-0.3, -0.25) is 0 Å². The molecular weight excluding hydrogens is 565 g/mol. The third-order valence-electron chi connectivity index (χ3n) is 11.4. The van der Waals surface area contributed by atoms with Gasteiger partial charge in [-0.05, 0) is 149 Å². The summed E-state index contributed by atoms with van der Waals surface area (Å²) in [6.45, 7) is 4.83. The molecule has 0 saturated carbocycles. The number of hydrogen-bond donors (Lipinski definition) is 0. The zero-order valence-electron chi connectivity index (χ0n) is 27.0. The molecule has 224 valence electrons. The lowest BCUT2D eigenvalue weighted by Crippen LogP contribution is -2.15. The largest absolute Gasteiger partial charge is 0.0836 e. The van der Waals surface area contributed by atoms with Gasteiger partial charge in [0.05, 0.1) is 0 Å². The molecule has 0 N–H and O–H groups in total. The lowest BCUT2D eigenvalue weighted by atomic mass is 9.79. The van der Waals surface area contributed by atoms with E-state index in [1.807, 2.05) is 0 Å². The molecule has 10 rings (SSSR count). The Hall–Kier alpha value is -5.20. The van der Waals surface area contributed by atoms with E-state index in [-0.39, 0.29) is 5.41 Å². The molecule has 3 aliphatic rings. The van der Waals surface area contributed by atoms with E-state index in [2.05, 4.69) is 147 Å². The van der Waals surface area contributed by atoms with Gasteiger partial charge in [0.25, 0.3) is 0 Å². The van der Waals surface area contributed by atoms with Crippen molar-refractivity contribution < 1.29 is 0 Å². The van der Waals surface area contributed by atoms with Crippen molar-refractivity contribution in [3.05, 3.63) is 161 Å². The summed E-state index contributed by atoms with van der Waals surface area (Å²) in [6.07, 6.45) is 9.11. The molecule has 0 amide bonds. The van der Waals surface area contributed by atoms with E-state index in [4.69, 9.17) is 0 Å². The molecule has 0 heterocycles. The molecule has 0 atom stereocenters. The summed E-state index contributed by atoms with van der Waals surface area (Å²) < 4.78 is 0. The maximum atomic E-state index is 2.50. The van der Waals surface area contributed by atoms with Crippen molar-refractivity contribution in [1.29, 1.82) is 0 Å². The van der Waals surface area contributed by atoms with Crippen molar-refractivity contribution >= 4 is 27.6 Å². The van der Waals surface area contributed by atoms with Crippen molar-refractivity contribution in [1.82, 2.24) is 0 Å². The maximum Gasteiger partial charge on any atom is 0.0159 e. The average molecular weight is 601 g/mol. The van der Waals surface area contributed by atoms with Gasteiger partial charge in [0.2, 0.25) is 0 Å². The lowest BCUT2D eigenvalue weighted by molar-refractivity contribution is 0.661. The van der Waals surface area contributed by atoms with Crippen molar-refractivity contribution in [3.63, 3.8) is 0 Å². The van der Waals surface area contributed by atoms with Crippen molar-refractivity contribution in [2.24, 2.45) is 0 Å². The zero-order chi connectivity index (χ0) is 31.3. The summed E-state index contributed by atoms with van der Waals surface area (Å²) >= 11 is 0. The number of aryl methyl sites for hydroxylation is 2. The monoisotopic (exact) mass is 600 g/mol. The van der Waals surface area contributed by atoms with Crippen LogP contribution >= 0.6 is 0 Å². The van der Waals surface area contributed by atoms with Crippen LogP contribution < -0.4 is 0 Å². The SMILES string of the molecule is CC1(C)c2cc(-c3ccc4ccc5c(c4c3)-c3ccccc3CC5)ccc2-c2ccc(-c3cc4ccccc4c4c3CCC=C4)cc21. The lowest BCUT2D eigenvalue weighted by Gasteiger charge is -2.24. The highest BCUT2D eigenvalue weighted by atomic mass is 14.4. The molecule has 0 bridgehead atoms. The Morgan fingerprint density at radius 1 is 0.489 bits per heavy atom. The second kappa shape index (κ2) is 9.90. The van der Waals surface area contributed by atoms with E-state index in [1.165, 1.54) is 99.4 Å². The highest BCUT2D eigenvalue weighted by Gasteiger charge is 2.36. The minimum atomic E-state index is -0.0948. The maximum absolute atomic E-state index is 2.50. The van der Waals surface area contributed by atoms with Crippen molar-refractivity contribution in [2.75, 3.05) is 0 Å². The first-order chi connectivity index (χ1) is 23.0. The minimum absolute atomic E-state index is 0.0948. The molecule has 0 nitrogen and oxygen atoms in total. The summed E-state index contributed by atoms with van der Waals surface area (Å²) in [4.78, 5) is 0. The first-order valence-corrected chi connectivity index (χ1v) is 17.2. The number of benzene rings is 7. The second-order valence-electron chi connectivity index (χ2n) is 14.3. The fourth-order valence-corrected chi connectivity index (χ4v) is 8.97. The van der Waals surface area contributed by atoms with E-state index in [9.17, 15) is 0 Å². The Bertz CT molecular complexity index is 2480. The molecule has 3 aliphatic carbocycles. The van der Waals surface area contributed by atoms with E-state index >= 15 is 0 Å². The number of allylic oxidation sites excluding steroid dienone is 1. The van der Waals surface area contributed by atoms with Gasteiger partial charge in [-0.1, -0.05) is 123 Å². The van der Waals surface area contributed by atoms with Crippen molar-refractivity contribution in [3.8, 4) is 44.5 Å². The first kappa shape index (κ1) is 27.0. The van der Waals surface area contributed by atoms with E-state index in [0.29, 0.717) is 0 Å². The molecule has 7 aromatic rings. The normalized spacial score (nSPS) is 15.2. The van der Waals surface area contributed by atoms with Gasteiger partial charge in [-0.2, -0.15) is 0 Å². The smallest absolute Gasteiger partial charge is 0.0159 e. The number of hydrogen-bond acceptors (Lipinski definition) is 0.